The molecule has 0 aliphatic heterocycles. The minimum atomic E-state index is 0.102. The van der Waals surface area contributed by atoms with Gasteiger partial charge in [-0.15, -0.1) is 11.6 Å². The summed E-state index contributed by atoms with van der Waals surface area (Å²) in [6.07, 6.45) is 1.97. The zero-order valence-corrected chi connectivity index (χ0v) is 6.29. The molecule has 0 radical (unpaired) electrons. The Balaban J connectivity index is 3.72. The van der Waals surface area contributed by atoms with Gasteiger partial charge in [0.05, 0.1) is 5.38 Å². The van der Waals surface area contributed by atoms with E-state index in [4.69, 9.17) is 11.6 Å². The van der Waals surface area contributed by atoms with Crippen LogP contribution in [0.2, 0.25) is 0 Å². The van der Waals surface area contributed by atoms with Crippen molar-refractivity contribution in [3.05, 3.63) is 11.8 Å². The van der Waals surface area contributed by atoms with Gasteiger partial charge in [0.25, 0.3) is 0 Å². The molecule has 0 saturated carbocycles. The summed E-state index contributed by atoms with van der Waals surface area (Å²) in [7, 11) is 1.87. The van der Waals surface area contributed by atoms with Gasteiger partial charge in [-0.3, -0.25) is 0 Å². The Morgan fingerprint density at radius 3 is 2.25 bits per heavy atom. The van der Waals surface area contributed by atoms with Crippen molar-refractivity contribution < 1.29 is 0 Å². The SMILES string of the molecule is C/C=C(\NC)[C@@H](C)Cl. The van der Waals surface area contributed by atoms with E-state index in [1.165, 1.54) is 0 Å². The van der Waals surface area contributed by atoms with E-state index < -0.39 is 0 Å². The fourth-order valence-electron chi connectivity index (χ4n) is 0.573. The summed E-state index contributed by atoms with van der Waals surface area (Å²) in [5, 5.41) is 3.08. The maximum Gasteiger partial charge on any atom is 0.0700 e. The van der Waals surface area contributed by atoms with Gasteiger partial charge in [-0.1, -0.05) is 6.08 Å². The van der Waals surface area contributed by atoms with Crippen LogP contribution in [-0.4, -0.2) is 12.4 Å². The molecule has 0 aromatic heterocycles. The lowest BCUT2D eigenvalue weighted by atomic mass is 10.3. The Labute approximate surface area is 55.7 Å². The Morgan fingerprint density at radius 1 is 1.75 bits per heavy atom. The molecule has 0 rings (SSSR count). The molecule has 0 spiro atoms. The molecule has 1 N–H and O–H groups in total. The highest BCUT2D eigenvalue weighted by Crippen LogP contribution is 2.03. The van der Waals surface area contributed by atoms with Crippen LogP contribution in [0.4, 0.5) is 0 Å². The van der Waals surface area contributed by atoms with Gasteiger partial charge in [-0.05, 0) is 13.8 Å². The second kappa shape index (κ2) is 3.79. The summed E-state index contributed by atoms with van der Waals surface area (Å²) < 4.78 is 0. The molecule has 0 unspecified atom stereocenters. The minimum absolute atomic E-state index is 0.102. The van der Waals surface area contributed by atoms with E-state index in [2.05, 4.69) is 5.32 Å². The molecule has 2 heteroatoms. The molecule has 0 amide bonds. The van der Waals surface area contributed by atoms with Crippen molar-refractivity contribution in [1.82, 2.24) is 5.32 Å². The highest BCUT2D eigenvalue weighted by Gasteiger charge is 1.97. The summed E-state index contributed by atoms with van der Waals surface area (Å²) in [5.74, 6) is 0. The molecule has 0 fully saturated rings. The van der Waals surface area contributed by atoms with Gasteiger partial charge < -0.3 is 5.32 Å². The lowest BCUT2D eigenvalue weighted by molar-refractivity contribution is 0.901. The van der Waals surface area contributed by atoms with Crippen LogP contribution in [0.3, 0.4) is 0 Å². The van der Waals surface area contributed by atoms with Crippen LogP contribution >= 0.6 is 11.6 Å². The van der Waals surface area contributed by atoms with E-state index in [1.54, 1.807) is 0 Å². The molecule has 1 nitrogen and oxygen atoms in total. The van der Waals surface area contributed by atoms with Crippen LogP contribution in [0.25, 0.3) is 0 Å². The van der Waals surface area contributed by atoms with Crippen LogP contribution in [0.15, 0.2) is 11.8 Å². The molecule has 0 aromatic rings. The molecule has 8 heavy (non-hydrogen) atoms. The highest BCUT2D eigenvalue weighted by atomic mass is 35.5. The molecule has 0 heterocycles. The first-order chi connectivity index (χ1) is 3.72. The molecule has 48 valence electrons. The maximum absolute atomic E-state index is 5.71. The second-order valence-corrected chi connectivity index (χ2v) is 2.26. The maximum atomic E-state index is 5.71. The fourth-order valence-corrected chi connectivity index (χ4v) is 0.808. The summed E-state index contributed by atoms with van der Waals surface area (Å²) in [6, 6.07) is 0. The van der Waals surface area contributed by atoms with Crippen molar-refractivity contribution >= 4 is 11.6 Å². The average Bonchev–Trinajstić information content (AvgIpc) is 1.69. The number of hydrogen-bond acceptors (Lipinski definition) is 1. The van der Waals surface area contributed by atoms with Crippen molar-refractivity contribution in [2.75, 3.05) is 7.05 Å². The Kier molecular flexibility index (Phi) is 3.71. The zero-order chi connectivity index (χ0) is 6.57. The van der Waals surface area contributed by atoms with Gasteiger partial charge in [0.15, 0.2) is 0 Å². The predicted octanol–water partition coefficient (Wildman–Crippen LogP) is 1.74. The van der Waals surface area contributed by atoms with Gasteiger partial charge in [-0.25, -0.2) is 0 Å². The topological polar surface area (TPSA) is 12.0 Å². The van der Waals surface area contributed by atoms with E-state index in [-0.39, 0.29) is 5.38 Å². The molecule has 0 aliphatic carbocycles. The quantitative estimate of drug-likeness (QED) is 0.566. The molecule has 1 atom stereocenters. The van der Waals surface area contributed by atoms with Gasteiger partial charge in [0.1, 0.15) is 0 Å². The van der Waals surface area contributed by atoms with Crippen molar-refractivity contribution in [2.24, 2.45) is 0 Å². The van der Waals surface area contributed by atoms with Crippen LogP contribution in [0, 0.1) is 0 Å². The third-order valence-corrected chi connectivity index (χ3v) is 1.26. The number of alkyl halides is 1. The van der Waals surface area contributed by atoms with Gasteiger partial charge >= 0.3 is 0 Å². The van der Waals surface area contributed by atoms with Crippen molar-refractivity contribution in [3.63, 3.8) is 0 Å². The molecule has 0 saturated heterocycles. The highest BCUT2D eigenvalue weighted by molar-refractivity contribution is 6.22. The van der Waals surface area contributed by atoms with Crippen LogP contribution in [-0.2, 0) is 0 Å². The first-order valence-electron chi connectivity index (χ1n) is 2.70. The van der Waals surface area contributed by atoms with Gasteiger partial charge in [-0.2, -0.15) is 0 Å². The fraction of sp³-hybridized carbons (Fsp3) is 0.667. The minimum Gasteiger partial charge on any atom is -0.390 e. The number of hydrogen-bond donors (Lipinski definition) is 1. The van der Waals surface area contributed by atoms with E-state index in [9.17, 15) is 0 Å². The first kappa shape index (κ1) is 7.83. The number of allylic oxidation sites excluding steroid dienone is 2. The summed E-state index contributed by atoms with van der Waals surface area (Å²) in [4.78, 5) is 0. The van der Waals surface area contributed by atoms with Crippen molar-refractivity contribution in [2.45, 2.75) is 19.2 Å². The third-order valence-electron chi connectivity index (χ3n) is 1.03. The average molecular weight is 134 g/mol. The number of halogens is 1. The smallest absolute Gasteiger partial charge is 0.0700 e. The Bertz CT molecular complexity index is 86.5. The van der Waals surface area contributed by atoms with Crippen LogP contribution in [0.5, 0.6) is 0 Å². The van der Waals surface area contributed by atoms with Gasteiger partial charge in [0, 0.05) is 12.7 Å². The summed E-state index contributed by atoms with van der Waals surface area (Å²) >= 11 is 5.71. The normalized spacial score (nSPS) is 15.8. The van der Waals surface area contributed by atoms with Crippen molar-refractivity contribution in [3.8, 4) is 0 Å². The lowest BCUT2D eigenvalue weighted by Gasteiger charge is -2.06. The molecule has 0 bridgehead atoms. The molecular formula is C6H12ClN. The number of nitrogens with one attached hydrogen (secondary N) is 1. The summed E-state index contributed by atoms with van der Waals surface area (Å²) in [6.45, 7) is 3.90. The van der Waals surface area contributed by atoms with Crippen molar-refractivity contribution in [1.29, 1.82) is 0 Å². The predicted molar refractivity (Wildman–Crippen MR) is 38.1 cm³/mol. The standard InChI is InChI=1S/C6H12ClN/c1-4-6(8-3)5(2)7/h4-5,8H,1-3H3/b6-4-/t5-/m1/s1. The van der Waals surface area contributed by atoms with Crippen LogP contribution < -0.4 is 5.32 Å². The van der Waals surface area contributed by atoms with Gasteiger partial charge in [0.2, 0.25) is 0 Å². The molecular weight excluding hydrogens is 122 g/mol. The van der Waals surface area contributed by atoms with E-state index >= 15 is 0 Å². The van der Waals surface area contributed by atoms with E-state index in [0.717, 1.165) is 5.70 Å². The third kappa shape index (κ3) is 2.22. The van der Waals surface area contributed by atoms with Crippen LogP contribution in [0.1, 0.15) is 13.8 Å². The number of rotatable bonds is 2. The second-order valence-electron chi connectivity index (χ2n) is 1.61. The Morgan fingerprint density at radius 2 is 2.25 bits per heavy atom. The first-order valence-corrected chi connectivity index (χ1v) is 3.14. The van der Waals surface area contributed by atoms with E-state index in [0.29, 0.717) is 0 Å². The molecule has 0 aromatic carbocycles. The zero-order valence-electron chi connectivity index (χ0n) is 5.53. The largest absolute Gasteiger partial charge is 0.390 e. The Hall–Kier alpha value is -0.170. The monoisotopic (exact) mass is 133 g/mol. The van der Waals surface area contributed by atoms with E-state index in [1.807, 2.05) is 27.0 Å². The molecule has 0 aliphatic rings. The lowest BCUT2D eigenvalue weighted by Crippen LogP contribution is -2.12. The summed E-state index contributed by atoms with van der Waals surface area (Å²) in [5.41, 5.74) is 1.08.